The van der Waals surface area contributed by atoms with E-state index in [9.17, 15) is 4.79 Å². The number of methoxy groups -OCH3 is 1. The molecule has 0 aliphatic carbocycles. The van der Waals surface area contributed by atoms with Crippen molar-refractivity contribution in [2.75, 3.05) is 44.7 Å². The third-order valence-corrected chi connectivity index (χ3v) is 3.41. The van der Waals surface area contributed by atoms with E-state index in [1.807, 2.05) is 18.2 Å². The Hall–Kier alpha value is -2.01. The van der Waals surface area contributed by atoms with Crippen LogP contribution in [-0.4, -0.2) is 55.8 Å². The van der Waals surface area contributed by atoms with E-state index < -0.39 is 5.97 Å². The molecule has 1 aliphatic heterocycles. The smallest absolute Gasteiger partial charge is 0.328 e. The minimum atomic E-state index is -0.889. The van der Waals surface area contributed by atoms with Gasteiger partial charge < -0.3 is 14.7 Å². The summed E-state index contributed by atoms with van der Waals surface area (Å²) in [5, 5.41) is 8.56. The van der Waals surface area contributed by atoms with Crippen LogP contribution in [0, 0.1) is 0 Å². The summed E-state index contributed by atoms with van der Waals surface area (Å²) in [6.45, 7) is 4.43. The van der Waals surface area contributed by atoms with Crippen LogP contribution < -0.4 is 9.64 Å². The Morgan fingerprint density at radius 3 is 2.75 bits per heavy atom. The normalized spacial score (nSPS) is 16.6. The van der Waals surface area contributed by atoms with Crippen LogP contribution in [0.2, 0.25) is 0 Å². The second kappa shape index (κ2) is 6.96. The van der Waals surface area contributed by atoms with Gasteiger partial charge in [0.1, 0.15) is 5.75 Å². The monoisotopic (exact) mass is 276 g/mol. The van der Waals surface area contributed by atoms with Crippen molar-refractivity contribution in [3.8, 4) is 5.75 Å². The summed E-state index contributed by atoms with van der Waals surface area (Å²) in [5.41, 5.74) is 1.17. The van der Waals surface area contributed by atoms with Crippen molar-refractivity contribution in [2.45, 2.75) is 0 Å². The van der Waals surface area contributed by atoms with Gasteiger partial charge in [-0.25, -0.2) is 4.79 Å². The second-order valence-corrected chi connectivity index (χ2v) is 4.73. The number of carboxylic acid groups (broad SMARTS) is 1. The molecule has 0 unspecified atom stereocenters. The van der Waals surface area contributed by atoms with Crippen LogP contribution >= 0.6 is 0 Å². The zero-order chi connectivity index (χ0) is 14.4. The number of anilines is 1. The third kappa shape index (κ3) is 3.99. The Labute approximate surface area is 119 Å². The zero-order valence-corrected chi connectivity index (χ0v) is 11.7. The summed E-state index contributed by atoms with van der Waals surface area (Å²) in [5.74, 6) is -0.0191. The second-order valence-electron chi connectivity index (χ2n) is 4.73. The van der Waals surface area contributed by atoms with E-state index in [2.05, 4.69) is 15.9 Å². The van der Waals surface area contributed by atoms with E-state index in [1.165, 1.54) is 11.8 Å². The molecule has 0 saturated carbocycles. The largest absolute Gasteiger partial charge is 0.497 e. The number of rotatable bonds is 5. The number of hydrogen-bond donors (Lipinski definition) is 1. The summed E-state index contributed by atoms with van der Waals surface area (Å²) in [6, 6.07) is 8.06. The molecule has 0 bridgehead atoms. The molecule has 1 saturated heterocycles. The van der Waals surface area contributed by atoms with Crippen LogP contribution in [0.25, 0.3) is 0 Å². The number of ether oxygens (including phenoxy) is 1. The van der Waals surface area contributed by atoms with E-state index in [4.69, 9.17) is 9.84 Å². The molecule has 1 N–H and O–H groups in total. The Morgan fingerprint density at radius 1 is 1.35 bits per heavy atom. The molecule has 5 nitrogen and oxygen atoms in total. The van der Waals surface area contributed by atoms with Crippen molar-refractivity contribution in [1.29, 1.82) is 0 Å². The maximum absolute atomic E-state index is 10.4. The summed E-state index contributed by atoms with van der Waals surface area (Å²) in [7, 11) is 1.67. The summed E-state index contributed by atoms with van der Waals surface area (Å²) < 4.78 is 5.24. The lowest BCUT2D eigenvalue weighted by Gasteiger charge is -2.35. The molecule has 2 rings (SSSR count). The molecule has 0 amide bonds. The average Bonchev–Trinajstić information content (AvgIpc) is 2.48. The lowest BCUT2D eigenvalue weighted by atomic mass is 10.2. The Morgan fingerprint density at radius 2 is 2.10 bits per heavy atom. The SMILES string of the molecule is COc1cccc(N2CCN(C/C=C/C(=O)O)CC2)c1. The fraction of sp³-hybridized carbons (Fsp3) is 0.400. The van der Waals surface area contributed by atoms with E-state index in [-0.39, 0.29) is 0 Å². The lowest BCUT2D eigenvalue weighted by molar-refractivity contribution is -0.131. The zero-order valence-electron chi connectivity index (χ0n) is 11.7. The van der Waals surface area contributed by atoms with Crippen molar-refractivity contribution in [2.24, 2.45) is 0 Å². The first kappa shape index (κ1) is 14.4. The maximum Gasteiger partial charge on any atom is 0.328 e. The van der Waals surface area contributed by atoms with Gasteiger partial charge in [0.2, 0.25) is 0 Å². The molecule has 0 spiro atoms. The molecule has 1 aliphatic rings. The number of piperazine rings is 1. The Kier molecular flexibility index (Phi) is 5.01. The molecule has 5 heteroatoms. The van der Waals surface area contributed by atoms with Crippen LogP contribution in [0.5, 0.6) is 5.75 Å². The van der Waals surface area contributed by atoms with Gasteiger partial charge in [0.15, 0.2) is 0 Å². The van der Waals surface area contributed by atoms with Gasteiger partial charge >= 0.3 is 5.97 Å². The first-order valence-corrected chi connectivity index (χ1v) is 6.70. The number of carboxylic acids is 1. The summed E-state index contributed by atoms with van der Waals surface area (Å²) in [6.07, 6.45) is 2.90. The first-order valence-electron chi connectivity index (χ1n) is 6.70. The predicted octanol–water partition coefficient (Wildman–Crippen LogP) is 1.46. The summed E-state index contributed by atoms with van der Waals surface area (Å²) >= 11 is 0. The van der Waals surface area contributed by atoms with E-state index in [1.54, 1.807) is 13.2 Å². The summed E-state index contributed by atoms with van der Waals surface area (Å²) in [4.78, 5) is 15.0. The molecule has 1 fully saturated rings. The van der Waals surface area contributed by atoms with Crippen LogP contribution in [0.1, 0.15) is 0 Å². The highest BCUT2D eigenvalue weighted by molar-refractivity contribution is 5.79. The molecule has 0 aromatic heterocycles. The fourth-order valence-electron chi connectivity index (χ4n) is 2.30. The van der Waals surface area contributed by atoms with Crippen molar-refractivity contribution < 1.29 is 14.6 Å². The fourth-order valence-corrected chi connectivity index (χ4v) is 2.30. The highest BCUT2D eigenvalue weighted by atomic mass is 16.5. The van der Waals surface area contributed by atoms with Crippen molar-refractivity contribution in [3.63, 3.8) is 0 Å². The quantitative estimate of drug-likeness (QED) is 0.825. The molecule has 1 aromatic rings. The highest BCUT2D eigenvalue weighted by Gasteiger charge is 2.16. The molecule has 0 atom stereocenters. The van der Waals surface area contributed by atoms with Gasteiger partial charge in [0, 0.05) is 50.6 Å². The van der Waals surface area contributed by atoms with Crippen LogP contribution in [0.3, 0.4) is 0 Å². The van der Waals surface area contributed by atoms with Gasteiger partial charge in [-0.05, 0) is 12.1 Å². The highest BCUT2D eigenvalue weighted by Crippen LogP contribution is 2.21. The Balaban J connectivity index is 1.86. The van der Waals surface area contributed by atoms with Gasteiger partial charge in [-0.15, -0.1) is 0 Å². The number of nitrogens with zero attached hydrogens (tertiary/aromatic N) is 2. The standard InChI is InChI=1S/C15H20N2O3/c1-20-14-5-2-4-13(12-14)17-10-8-16(9-11-17)7-3-6-15(18)19/h2-6,12H,7-11H2,1H3,(H,18,19)/b6-3+. The van der Waals surface area contributed by atoms with Crippen LogP contribution in [0.4, 0.5) is 5.69 Å². The van der Waals surface area contributed by atoms with Crippen LogP contribution in [0.15, 0.2) is 36.4 Å². The molecule has 1 aromatic carbocycles. The van der Waals surface area contributed by atoms with Gasteiger partial charge in [0.05, 0.1) is 7.11 Å². The molecular weight excluding hydrogens is 256 g/mol. The van der Waals surface area contributed by atoms with Crippen LogP contribution in [-0.2, 0) is 4.79 Å². The Bertz CT molecular complexity index is 480. The topological polar surface area (TPSA) is 53.0 Å². The number of hydrogen-bond acceptors (Lipinski definition) is 4. The minimum Gasteiger partial charge on any atom is -0.497 e. The molecular formula is C15H20N2O3. The number of benzene rings is 1. The van der Waals surface area contributed by atoms with E-state index in [0.717, 1.165) is 31.9 Å². The predicted molar refractivity (Wildman–Crippen MR) is 78.4 cm³/mol. The van der Waals surface area contributed by atoms with Gasteiger partial charge in [-0.1, -0.05) is 12.1 Å². The van der Waals surface area contributed by atoms with Gasteiger partial charge in [-0.2, -0.15) is 0 Å². The molecule has 1 heterocycles. The van der Waals surface area contributed by atoms with E-state index >= 15 is 0 Å². The lowest BCUT2D eigenvalue weighted by Crippen LogP contribution is -2.46. The van der Waals surface area contributed by atoms with E-state index in [0.29, 0.717) is 6.54 Å². The number of carbonyl (C=O) groups is 1. The molecule has 20 heavy (non-hydrogen) atoms. The number of aliphatic carboxylic acids is 1. The van der Waals surface area contributed by atoms with Crippen molar-refractivity contribution in [1.82, 2.24) is 4.90 Å². The average molecular weight is 276 g/mol. The van der Waals surface area contributed by atoms with Crippen molar-refractivity contribution in [3.05, 3.63) is 36.4 Å². The molecule has 108 valence electrons. The van der Waals surface area contributed by atoms with Crippen molar-refractivity contribution >= 4 is 11.7 Å². The third-order valence-electron chi connectivity index (χ3n) is 3.41. The molecule has 0 radical (unpaired) electrons. The van der Waals surface area contributed by atoms with Gasteiger partial charge in [0.25, 0.3) is 0 Å². The minimum absolute atomic E-state index is 0.693. The maximum atomic E-state index is 10.4. The first-order chi connectivity index (χ1) is 9.69. The van der Waals surface area contributed by atoms with Gasteiger partial charge in [-0.3, -0.25) is 4.90 Å².